The molecule has 136 valence electrons. The van der Waals surface area contributed by atoms with Gasteiger partial charge in [-0.05, 0) is 56.7 Å². The Morgan fingerprint density at radius 1 is 1.24 bits per heavy atom. The van der Waals surface area contributed by atoms with E-state index < -0.39 is 11.0 Å². The molecule has 0 bridgehead atoms. The summed E-state index contributed by atoms with van der Waals surface area (Å²) in [5.41, 5.74) is 2.97. The van der Waals surface area contributed by atoms with E-state index in [9.17, 15) is 9.00 Å². The second-order valence-electron chi connectivity index (χ2n) is 7.54. The Labute approximate surface area is 154 Å². The van der Waals surface area contributed by atoms with E-state index >= 15 is 0 Å². The van der Waals surface area contributed by atoms with Gasteiger partial charge < -0.3 is 4.72 Å². The maximum absolute atomic E-state index is 12.7. The molecule has 1 aromatic rings. The van der Waals surface area contributed by atoms with Crippen LogP contribution in [0.15, 0.2) is 48.2 Å². The van der Waals surface area contributed by atoms with E-state index in [-0.39, 0.29) is 16.4 Å². The molecular formula is C21H29NO2S. The number of unbranched alkanes of at least 4 members (excludes halogenated alkanes) is 1. The van der Waals surface area contributed by atoms with Gasteiger partial charge in [-0.2, -0.15) is 0 Å². The Kier molecular flexibility index (Phi) is 6.77. The molecule has 0 amide bonds. The number of nitrogens with one attached hydrogen (secondary N) is 1. The van der Waals surface area contributed by atoms with Crippen LogP contribution in [0.2, 0.25) is 0 Å². The molecule has 1 N–H and O–H groups in total. The lowest BCUT2D eigenvalue weighted by molar-refractivity contribution is -0.112. The maximum atomic E-state index is 12.7. The van der Waals surface area contributed by atoms with Crippen LogP contribution in [0.3, 0.4) is 0 Å². The fourth-order valence-electron chi connectivity index (χ4n) is 2.92. The smallest absolute Gasteiger partial charge is 0.183 e. The summed E-state index contributed by atoms with van der Waals surface area (Å²) in [5, 5.41) is 0. The Morgan fingerprint density at radius 3 is 2.52 bits per heavy atom. The minimum atomic E-state index is -1.22. The summed E-state index contributed by atoms with van der Waals surface area (Å²) in [6.07, 6.45) is 7.45. The number of ketones is 1. The Balaban J connectivity index is 2.26. The summed E-state index contributed by atoms with van der Waals surface area (Å²) in [6.45, 7) is 7.91. The minimum Gasteiger partial charge on any atom is -0.311 e. The molecule has 0 aromatic heterocycles. The summed E-state index contributed by atoms with van der Waals surface area (Å²) < 4.78 is 14.8. The number of hydrogen-bond donors (Lipinski definition) is 1. The molecule has 0 saturated heterocycles. The molecule has 0 saturated carbocycles. The molecule has 0 spiro atoms. The standard InChI is InChI=1S/C21H29NO2S/c1-5-6-10-17-13-18(16-11-8-7-9-12-16)14-20(23)19(17)15-22-25(24)21(2,3)4/h7-9,11-12,14-15,17,22H,5-6,10,13H2,1-4H3/b19-15-/t17-,25?/m0/s1. The lowest BCUT2D eigenvalue weighted by Gasteiger charge is -2.26. The van der Waals surface area contributed by atoms with E-state index in [2.05, 4.69) is 23.8 Å². The molecule has 0 heterocycles. The molecule has 0 radical (unpaired) electrons. The molecule has 3 nitrogen and oxygen atoms in total. The fourth-order valence-corrected chi connectivity index (χ4v) is 3.51. The van der Waals surface area contributed by atoms with Gasteiger partial charge >= 0.3 is 0 Å². The molecule has 0 aliphatic heterocycles. The summed E-state index contributed by atoms with van der Waals surface area (Å²) in [6, 6.07) is 10.1. The van der Waals surface area contributed by atoms with Crippen molar-refractivity contribution in [3.63, 3.8) is 0 Å². The number of carbonyl (C=O) groups excluding carboxylic acids is 1. The predicted octanol–water partition coefficient (Wildman–Crippen LogP) is 4.78. The van der Waals surface area contributed by atoms with Crippen LogP contribution in [0, 0.1) is 5.92 Å². The second-order valence-corrected chi connectivity index (χ2v) is 9.54. The predicted molar refractivity (Wildman–Crippen MR) is 106 cm³/mol. The van der Waals surface area contributed by atoms with Crippen molar-refractivity contribution in [3.05, 3.63) is 53.7 Å². The molecule has 2 atom stereocenters. The van der Waals surface area contributed by atoms with Gasteiger partial charge in [-0.15, -0.1) is 0 Å². The third kappa shape index (κ3) is 5.40. The molecule has 0 fully saturated rings. The zero-order valence-corrected chi connectivity index (χ0v) is 16.5. The van der Waals surface area contributed by atoms with Gasteiger partial charge in [-0.25, -0.2) is 4.21 Å². The number of rotatable bonds is 6. The lowest BCUT2D eigenvalue weighted by Crippen LogP contribution is -2.31. The van der Waals surface area contributed by atoms with Crippen LogP contribution in [-0.2, 0) is 15.8 Å². The van der Waals surface area contributed by atoms with Crippen molar-refractivity contribution in [2.75, 3.05) is 0 Å². The summed E-state index contributed by atoms with van der Waals surface area (Å²) in [4.78, 5) is 12.7. The molecule has 2 rings (SSSR count). The quantitative estimate of drug-likeness (QED) is 0.743. The van der Waals surface area contributed by atoms with E-state index in [1.54, 1.807) is 12.3 Å². The first-order valence-electron chi connectivity index (χ1n) is 9.01. The fraction of sp³-hybridized carbons (Fsp3) is 0.476. The van der Waals surface area contributed by atoms with Crippen molar-refractivity contribution in [3.8, 4) is 0 Å². The largest absolute Gasteiger partial charge is 0.311 e. The Hall–Kier alpha value is -1.68. The minimum absolute atomic E-state index is 0.0321. The summed E-state index contributed by atoms with van der Waals surface area (Å²) in [5.74, 6) is 0.210. The first-order valence-corrected chi connectivity index (χ1v) is 10.2. The van der Waals surface area contributed by atoms with Crippen LogP contribution in [0.5, 0.6) is 0 Å². The van der Waals surface area contributed by atoms with Crippen molar-refractivity contribution in [1.29, 1.82) is 0 Å². The van der Waals surface area contributed by atoms with Crippen LogP contribution in [0.25, 0.3) is 5.57 Å². The Morgan fingerprint density at radius 2 is 1.92 bits per heavy atom. The van der Waals surface area contributed by atoms with Crippen molar-refractivity contribution in [2.45, 2.75) is 58.1 Å². The average Bonchev–Trinajstić information content (AvgIpc) is 2.58. The summed E-state index contributed by atoms with van der Waals surface area (Å²) >= 11 is 0. The van der Waals surface area contributed by atoms with E-state index in [1.807, 2.05) is 39.0 Å². The molecular weight excluding hydrogens is 330 g/mol. The van der Waals surface area contributed by atoms with Gasteiger partial charge in [0.05, 0.1) is 4.75 Å². The van der Waals surface area contributed by atoms with Crippen molar-refractivity contribution >= 4 is 22.3 Å². The number of benzene rings is 1. The second kappa shape index (κ2) is 8.61. The van der Waals surface area contributed by atoms with E-state index in [1.165, 1.54) is 0 Å². The topological polar surface area (TPSA) is 46.2 Å². The third-order valence-electron chi connectivity index (χ3n) is 4.42. The zero-order chi connectivity index (χ0) is 18.4. The van der Waals surface area contributed by atoms with Gasteiger partial charge in [0.2, 0.25) is 0 Å². The van der Waals surface area contributed by atoms with Crippen LogP contribution >= 0.6 is 0 Å². The number of hydrogen-bond acceptors (Lipinski definition) is 2. The highest BCUT2D eigenvalue weighted by Gasteiger charge is 2.27. The molecule has 1 unspecified atom stereocenters. The third-order valence-corrected chi connectivity index (χ3v) is 5.87. The van der Waals surface area contributed by atoms with Crippen LogP contribution in [-0.4, -0.2) is 14.7 Å². The maximum Gasteiger partial charge on any atom is 0.183 e. The lowest BCUT2D eigenvalue weighted by atomic mass is 9.79. The Bertz CT molecular complexity index is 684. The molecule has 4 heteroatoms. The number of allylic oxidation sites excluding steroid dienone is 3. The van der Waals surface area contributed by atoms with Crippen LogP contribution in [0.1, 0.15) is 58.9 Å². The first-order chi connectivity index (χ1) is 11.8. The van der Waals surface area contributed by atoms with Gasteiger partial charge in [0.25, 0.3) is 0 Å². The number of carbonyl (C=O) groups is 1. The highest BCUT2D eigenvalue weighted by molar-refractivity contribution is 7.84. The first kappa shape index (κ1) is 19.6. The van der Waals surface area contributed by atoms with Gasteiger partial charge in [0.1, 0.15) is 11.0 Å². The van der Waals surface area contributed by atoms with Gasteiger partial charge in [0.15, 0.2) is 5.78 Å². The SMILES string of the molecule is CCCC[C@H]1CC(c2ccccc2)=CC(=O)/C1=C\NS(=O)C(C)(C)C. The highest BCUT2D eigenvalue weighted by atomic mass is 32.2. The van der Waals surface area contributed by atoms with Gasteiger partial charge in [-0.3, -0.25) is 4.79 Å². The molecule has 1 aliphatic carbocycles. The van der Waals surface area contributed by atoms with Crippen molar-refractivity contribution in [2.24, 2.45) is 5.92 Å². The van der Waals surface area contributed by atoms with Crippen LogP contribution < -0.4 is 4.72 Å². The van der Waals surface area contributed by atoms with E-state index in [0.717, 1.165) is 42.4 Å². The van der Waals surface area contributed by atoms with Crippen molar-refractivity contribution < 1.29 is 9.00 Å². The monoisotopic (exact) mass is 359 g/mol. The average molecular weight is 360 g/mol. The molecule has 25 heavy (non-hydrogen) atoms. The van der Waals surface area contributed by atoms with Gasteiger partial charge in [0, 0.05) is 11.8 Å². The van der Waals surface area contributed by atoms with Gasteiger partial charge in [-0.1, -0.05) is 50.1 Å². The highest BCUT2D eigenvalue weighted by Crippen LogP contribution is 2.35. The van der Waals surface area contributed by atoms with Crippen LogP contribution in [0.4, 0.5) is 0 Å². The zero-order valence-electron chi connectivity index (χ0n) is 15.7. The normalized spacial score (nSPS) is 21.1. The van der Waals surface area contributed by atoms with E-state index in [4.69, 9.17) is 0 Å². The van der Waals surface area contributed by atoms with Crippen molar-refractivity contribution in [1.82, 2.24) is 4.72 Å². The molecule has 1 aliphatic rings. The van der Waals surface area contributed by atoms with E-state index in [0.29, 0.717) is 0 Å². The summed E-state index contributed by atoms with van der Waals surface area (Å²) in [7, 11) is -1.22. The molecule has 1 aromatic carbocycles.